The first kappa shape index (κ1) is 15.5. The van der Waals surface area contributed by atoms with Gasteiger partial charge in [-0.3, -0.25) is 4.90 Å². The standard InChI is InChI=1S/C15H28N4O/c1-12-13(2)18(5)14(16-12)10-19-8-6-15(20,7-9-19)11-17(3)4/h20H,6-11H2,1-5H3. The lowest BCUT2D eigenvalue weighted by Crippen LogP contribution is -2.49. The van der Waals surface area contributed by atoms with Gasteiger partial charge in [0.15, 0.2) is 0 Å². The smallest absolute Gasteiger partial charge is 0.123 e. The van der Waals surface area contributed by atoms with Gasteiger partial charge in [0, 0.05) is 32.4 Å². The van der Waals surface area contributed by atoms with Crippen LogP contribution in [-0.4, -0.2) is 63.8 Å². The molecule has 0 saturated carbocycles. The van der Waals surface area contributed by atoms with Gasteiger partial charge in [-0.25, -0.2) is 4.98 Å². The molecule has 0 atom stereocenters. The maximum absolute atomic E-state index is 10.5. The van der Waals surface area contributed by atoms with Gasteiger partial charge in [0.1, 0.15) is 5.82 Å². The Morgan fingerprint density at radius 3 is 2.30 bits per heavy atom. The zero-order valence-corrected chi connectivity index (χ0v) is 13.5. The van der Waals surface area contributed by atoms with Gasteiger partial charge in [-0.1, -0.05) is 0 Å². The van der Waals surface area contributed by atoms with E-state index in [1.54, 1.807) is 0 Å². The van der Waals surface area contributed by atoms with Gasteiger partial charge in [-0.15, -0.1) is 0 Å². The van der Waals surface area contributed by atoms with Crippen molar-refractivity contribution in [3.8, 4) is 0 Å². The SMILES string of the molecule is Cc1nc(CN2CCC(O)(CN(C)C)CC2)n(C)c1C. The fraction of sp³-hybridized carbons (Fsp3) is 0.800. The summed E-state index contributed by atoms with van der Waals surface area (Å²) in [6, 6.07) is 0. The van der Waals surface area contributed by atoms with Crippen LogP contribution in [0, 0.1) is 13.8 Å². The predicted molar refractivity (Wildman–Crippen MR) is 80.7 cm³/mol. The highest BCUT2D eigenvalue weighted by Gasteiger charge is 2.32. The number of rotatable bonds is 4. The van der Waals surface area contributed by atoms with Crippen molar-refractivity contribution in [2.24, 2.45) is 7.05 Å². The third-order valence-electron chi connectivity index (χ3n) is 4.47. The quantitative estimate of drug-likeness (QED) is 0.891. The molecule has 0 unspecified atom stereocenters. The maximum atomic E-state index is 10.5. The summed E-state index contributed by atoms with van der Waals surface area (Å²) in [6.45, 7) is 7.68. The molecule has 2 heterocycles. The Bertz CT molecular complexity index is 459. The van der Waals surface area contributed by atoms with Crippen LogP contribution in [0.4, 0.5) is 0 Å². The maximum Gasteiger partial charge on any atom is 0.123 e. The van der Waals surface area contributed by atoms with Gasteiger partial charge in [0.05, 0.1) is 17.8 Å². The van der Waals surface area contributed by atoms with Crippen molar-refractivity contribution >= 4 is 0 Å². The van der Waals surface area contributed by atoms with E-state index in [4.69, 9.17) is 0 Å². The Morgan fingerprint density at radius 1 is 1.25 bits per heavy atom. The fourth-order valence-electron chi connectivity index (χ4n) is 3.00. The second kappa shape index (κ2) is 5.84. The van der Waals surface area contributed by atoms with Crippen LogP contribution >= 0.6 is 0 Å². The molecule has 114 valence electrons. The number of hydrogen-bond acceptors (Lipinski definition) is 4. The molecule has 5 nitrogen and oxygen atoms in total. The van der Waals surface area contributed by atoms with E-state index in [0.717, 1.165) is 50.5 Å². The molecule has 0 aliphatic carbocycles. The Kier molecular flexibility index (Phi) is 4.52. The van der Waals surface area contributed by atoms with Crippen molar-refractivity contribution in [3.63, 3.8) is 0 Å². The first-order chi connectivity index (χ1) is 9.31. The van der Waals surface area contributed by atoms with E-state index >= 15 is 0 Å². The second-order valence-corrected chi connectivity index (χ2v) is 6.50. The largest absolute Gasteiger partial charge is 0.388 e. The molecule has 20 heavy (non-hydrogen) atoms. The Labute approximate surface area is 122 Å². The van der Waals surface area contributed by atoms with Crippen LogP contribution in [0.15, 0.2) is 0 Å². The van der Waals surface area contributed by atoms with E-state index in [2.05, 4.69) is 40.2 Å². The van der Waals surface area contributed by atoms with Crippen LogP contribution in [0.5, 0.6) is 0 Å². The summed E-state index contributed by atoms with van der Waals surface area (Å²) in [5.74, 6) is 1.12. The molecule has 1 saturated heterocycles. The summed E-state index contributed by atoms with van der Waals surface area (Å²) in [4.78, 5) is 9.10. The fourth-order valence-corrected chi connectivity index (χ4v) is 3.00. The molecular weight excluding hydrogens is 252 g/mol. The van der Waals surface area contributed by atoms with Gasteiger partial charge in [-0.05, 0) is 40.8 Å². The summed E-state index contributed by atoms with van der Waals surface area (Å²) >= 11 is 0. The highest BCUT2D eigenvalue weighted by Crippen LogP contribution is 2.24. The lowest BCUT2D eigenvalue weighted by Gasteiger charge is -2.39. The summed E-state index contributed by atoms with van der Waals surface area (Å²) in [7, 11) is 6.12. The molecule has 0 aromatic carbocycles. The first-order valence-electron chi connectivity index (χ1n) is 7.39. The van der Waals surface area contributed by atoms with Crippen molar-refractivity contribution < 1.29 is 5.11 Å². The van der Waals surface area contributed by atoms with Gasteiger partial charge in [0.25, 0.3) is 0 Å². The molecule has 1 aliphatic heterocycles. The van der Waals surface area contributed by atoms with Crippen LogP contribution in [0.1, 0.15) is 30.1 Å². The molecule has 1 aliphatic rings. The number of aliphatic hydroxyl groups is 1. The minimum atomic E-state index is -0.520. The lowest BCUT2D eigenvalue weighted by atomic mass is 9.91. The topological polar surface area (TPSA) is 44.5 Å². The summed E-state index contributed by atoms with van der Waals surface area (Å²) in [6.07, 6.45) is 1.68. The second-order valence-electron chi connectivity index (χ2n) is 6.50. The third kappa shape index (κ3) is 3.40. The van der Waals surface area contributed by atoms with Gasteiger partial charge in [-0.2, -0.15) is 0 Å². The van der Waals surface area contributed by atoms with E-state index in [1.807, 2.05) is 14.1 Å². The number of imidazole rings is 1. The lowest BCUT2D eigenvalue weighted by molar-refractivity contribution is -0.0393. The normalized spacial score (nSPS) is 19.8. The molecule has 0 spiro atoms. The van der Waals surface area contributed by atoms with Gasteiger partial charge < -0.3 is 14.6 Å². The minimum Gasteiger partial charge on any atom is -0.388 e. The number of nitrogens with zero attached hydrogens (tertiary/aromatic N) is 4. The van der Waals surface area contributed by atoms with E-state index in [9.17, 15) is 5.11 Å². The minimum absolute atomic E-state index is 0.520. The number of aryl methyl sites for hydroxylation is 1. The zero-order chi connectivity index (χ0) is 14.9. The van der Waals surface area contributed by atoms with E-state index < -0.39 is 5.60 Å². The Hall–Kier alpha value is -0.910. The third-order valence-corrected chi connectivity index (χ3v) is 4.47. The molecular formula is C15H28N4O. The average Bonchev–Trinajstić information content (AvgIpc) is 2.59. The van der Waals surface area contributed by atoms with Crippen LogP contribution in [-0.2, 0) is 13.6 Å². The number of hydrogen-bond donors (Lipinski definition) is 1. The molecule has 1 N–H and O–H groups in total. The van der Waals surface area contributed by atoms with Crippen molar-refractivity contribution in [2.45, 2.75) is 38.8 Å². The van der Waals surface area contributed by atoms with Crippen molar-refractivity contribution in [3.05, 3.63) is 17.2 Å². The van der Waals surface area contributed by atoms with E-state index in [1.165, 1.54) is 5.69 Å². The summed E-state index contributed by atoms with van der Waals surface area (Å²) in [5, 5.41) is 10.5. The summed E-state index contributed by atoms with van der Waals surface area (Å²) in [5.41, 5.74) is 1.83. The average molecular weight is 280 g/mol. The summed E-state index contributed by atoms with van der Waals surface area (Å²) < 4.78 is 2.18. The molecule has 1 aromatic rings. The van der Waals surface area contributed by atoms with Crippen LogP contribution in [0.25, 0.3) is 0 Å². The molecule has 5 heteroatoms. The van der Waals surface area contributed by atoms with Crippen molar-refractivity contribution in [2.75, 3.05) is 33.7 Å². The highest BCUT2D eigenvalue weighted by atomic mass is 16.3. The number of piperidine rings is 1. The first-order valence-corrected chi connectivity index (χ1v) is 7.39. The van der Waals surface area contributed by atoms with Gasteiger partial charge in [0.2, 0.25) is 0 Å². The molecule has 2 rings (SSSR count). The van der Waals surface area contributed by atoms with Gasteiger partial charge >= 0.3 is 0 Å². The predicted octanol–water partition coefficient (Wildman–Crippen LogP) is 0.925. The number of likely N-dealkylation sites (tertiary alicyclic amines) is 1. The number of aromatic nitrogens is 2. The van der Waals surface area contributed by atoms with E-state index in [-0.39, 0.29) is 0 Å². The molecule has 0 radical (unpaired) electrons. The highest BCUT2D eigenvalue weighted by molar-refractivity contribution is 5.13. The van der Waals surface area contributed by atoms with Crippen molar-refractivity contribution in [1.29, 1.82) is 0 Å². The Morgan fingerprint density at radius 2 is 1.85 bits per heavy atom. The number of likely N-dealkylation sites (N-methyl/N-ethyl adjacent to an activating group) is 1. The van der Waals surface area contributed by atoms with Crippen LogP contribution in [0.3, 0.4) is 0 Å². The van der Waals surface area contributed by atoms with E-state index in [0.29, 0.717) is 0 Å². The molecule has 0 amide bonds. The Balaban J connectivity index is 1.93. The molecule has 1 fully saturated rings. The van der Waals surface area contributed by atoms with Crippen LogP contribution < -0.4 is 0 Å². The monoisotopic (exact) mass is 280 g/mol. The molecule has 1 aromatic heterocycles. The molecule has 0 bridgehead atoms. The zero-order valence-electron chi connectivity index (χ0n) is 13.5. The van der Waals surface area contributed by atoms with Crippen LogP contribution in [0.2, 0.25) is 0 Å². The van der Waals surface area contributed by atoms with Crippen molar-refractivity contribution in [1.82, 2.24) is 19.4 Å².